The molecule has 3 unspecified atom stereocenters. The summed E-state index contributed by atoms with van der Waals surface area (Å²) in [6.45, 7) is 0. The van der Waals surface area contributed by atoms with Crippen LogP contribution in [0.2, 0.25) is 0 Å². The zero-order valence-electron chi connectivity index (χ0n) is 12.3. The number of amides is 1. The van der Waals surface area contributed by atoms with E-state index in [2.05, 4.69) is 15.6 Å². The van der Waals surface area contributed by atoms with Crippen molar-refractivity contribution in [2.24, 2.45) is 0 Å². The lowest BCUT2D eigenvalue weighted by atomic mass is 9.95. The van der Waals surface area contributed by atoms with Crippen molar-refractivity contribution in [3.8, 4) is 0 Å². The zero-order chi connectivity index (χ0) is 15.8. The number of nitrogens with zero attached hydrogens (tertiary/aromatic N) is 1. The summed E-state index contributed by atoms with van der Waals surface area (Å²) in [6, 6.07) is 7.22. The quantitative estimate of drug-likeness (QED) is 0.900. The monoisotopic (exact) mass is 333 g/mol. The van der Waals surface area contributed by atoms with Crippen molar-refractivity contribution in [1.82, 2.24) is 15.6 Å². The van der Waals surface area contributed by atoms with Crippen LogP contribution in [0.3, 0.4) is 0 Å². The Hall–Kier alpha value is -1.86. The van der Waals surface area contributed by atoms with Crippen molar-refractivity contribution < 1.29 is 13.6 Å². The van der Waals surface area contributed by atoms with Crippen molar-refractivity contribution >= 4 is 17.7 Å². The first-order valence-corrected chi connectivity index (χ1v) is 8.45. The molecule has 5 nitrogen and oxygen atoms in total. The van der Waals surface area contributed by atoms with Gasteiger partial charge < -0.3 is 15.1 Å². The van der Waals surface area contributed by atoms with Gasteiger partial charge in [-0.05, 0) is 37.5 Å². The Balaban J connectivity index is 1.40. The van der Waals surface area contributed by atoms with E-state index in [9.17, 15) is 9.18 Å². The molecule has 2 N–H and O–H groups in total. The van der Waals surface area contributed by atoms with Crippen LogP contribution in [0.25, 0.3) is 0 Å². The van der Waals surface area contributed by atoms with Gasteiger partial charge in [0.2, 0.25) is 0 Å². The fourth-order valence-corrected chi connectivity index (χ4v) is 4.05. The van der Waals surface area contributed by atoms with Gasteiger partial charge in [-0.1, -0.05) is 17.8 Å². The van der Waals surface area contributed by atoms with E-state index in [1.54, 1.807) is 12.1 Å². The molecule has 1 aromatic heterocycles. The smallest absolute Gasteiger partial charge is 0.307 e. The standard InChI is InChI=1S/C16H16FN3O2S/c17-9-2-1-3-11(6-9)23-14-8-18-16(22-14)15(21)20-13-7-10-4-5-12(13)19-10/h1-3,6,8,10,12-13,19H,4-5,7H2,(H,20,21). The van der Waals surface area contributed by atoms with Gasteiger partial charge in [0.15, 0.2) is 5.09 Å². The number of fused-ring (bicyclic) bond motifs is 2. The number of carbonyl (C=O) groups excluding carboxylic acids is 1. The summed E-state index contributed by atoms with van der Waals surface area (Å²) in [4.78, 5) is 17.0. The molecule has 2 aliphatic heterocycles. The van der Waals surface area contributed by atoms with Gasteiger partial charge in [0.1, 0.15) is 5.82 Å². The van der Waals surface area contributed by atoms with Crippen molar-refractivity contribution in [3.63, 3.8) is 0 Å². The topological polar surface area (TPSA) is 67.2 Å². The molecule has 4 rings (SSSR count). The molecular weight excluding hydrogens is 317 g/mol. The van der Waals surface area contributed by atoms with E-state index >= 15 is 0 Å². The Bertz CT molecular complexity index is 736. The number of oxazole rings is 1. The third kappa shape index (κ3) is 3.11. The first kappa shape index (κ1) is 14.7. The van der Waals surface area contributed by atoms with Crippen LogP contribution in [-0.4, -0.2) is 29.0 Å². The lowest BCUT2D eigenvalue weighted by Crippen LogP contribution is -2.43. The Kier molecular flexibility index (Phi) is 3.82. The number of carbonyl (C=O) groups is 1. The molecule has 3 heterocycles. The molecule has 2 bridgehead atoms. The minimum atomic E-state index is -0.309. The molecule has 1 amide bonds. The van der Waals surface area contributed by atoms with Crippen molar-refractivity contribution in [3.05, 3.63) is 42.2 Å². The number of nitrogens with one attached hydrogen (secondary N) is 2. The molecule has 0 spiro atoms. The summed E-state index contributed by atoms with van der Waals surface area (Å²) in [7, 11) is 0. The molecule has 120 valence electrons. The van der Waals surface area contributed by atoms with Crippen LogP contribution in [0, 0.1) is 5.82 Å². The highest BCUT2D eigenvalue weighted by molar-refractivity contribution is 7.99. The van der Waals surface area contributed by atoms with Crippen molar-refractivity contribution in [1.29, 1.82) is 0 Å². The highest BCUT2D eigenvalue weighted by Gasteiger charge is 2.40. The third-order valence-corrected chi connectivity index (χ3v) is 5.19. The minimum absolute atomic E-state index is 0.0478. The highest BCUT2D eigenvalue weighted by Crippen LogP contribution is 2.30. The number of hydrogen-bond donors (Lipinski definition) is 2. The lowest BCUT2D eigenvalue weighted by molar-refractivity contribution is 0.0890. The number of rotatable bonds is 4. The van der Waals surface area contributed by atoms with Gasteiger partial charge in [-0.3, -0.25) is 4.79 Å². The van der Waals surface area contributed by atoms with Crippen molar-refractivity contribution in [2.75, 3.05) is 0 Å². The zero-order valence-corrected chi connectivity index (χ0v) is 13.1. The molecular formula is C16H16FN3O2S. The van der Waals surface area contributed by atoms with Gasteiger partial charge in [-0.25, -0.2) is 9.37 Å². The molecule has 2 aliphatic rings. The fourth-order valence-electron chi connectivity index (χ4n) is 3.27. The SMILES string of the molecule is O=C(NC1CC2CCC1N2)c1ncc(Sc2cccc(F)c2)o1. The Morgan fingerprint density at radius 3 is 3.09 bits per heavy atom. The largest absolute Gasteiger partial charge is 0.425 e. The van der Waals surface area contributed by atoms with E-state index in [0.717, 1.165) is 12.8 Å². The van der Waals surface area contributed by atoms with Crippen LogP contribution >= 0.6 is 11.8 Å². The predicted molar refractivity (Wildman–Crippen MR) is 82.8 cm³/mol. The van der Waals surface area contributed by atoms with Crippen LogP contribution in [0.1, 0.15) is 29.9 Å². The van der Waals surface area contributed by atoms with Crippen LogP contribution in [-0.2, 0) is 0 Å². The third-order valence-electron chi connectivity index (χ3n) is 4.31. The number of aromatic nitrogens is 1. The molecule has 2 saturated heterocycles. The Morgan fingerprint density at radius 1 is 1.43 bits per heavy atom. The summed E-state index contributed by atoms with van der Waals surface area (Å²) in [5.74, 6) is -0.557. The van der Waals surface area contributed by atoms with Crippen LogP contribution in [0.15, 0.2) is 44.9 Å². The van der Waals surface area contributed by atoms with E-state index in [4.69, 9.17) is 4.42 Å². The van der Waals surface area contributed by atoms with Crippen molar-refractivity contribution in [2.45, 2.75) is 47.4 Å². The molecule has 23 heavy (non-hydrogen) atoms. The first-order chi connectivity index (χ1) is 11.2. The predicted octanol–water partition coefficient (Wildman–Crippen LogP) is 2.59. The summed E-state index contributed by atoms with van der Waals surface area (Å²) in [5, 5.41) is 6.92. The molecule has 0 saturated carbocycles. The number of hydrogen-bond acceptors (Lipinski definition) is 5. The summed E-state index contributed by atoms with van der Waals surface area (Å²) >= 11 is 1.23. The second kappa shape index (κ2) is 5.98. The van der Waals surface area contributed by atoms with E-state index in [-0.39, 0.29) is 23.7 Å². The average Bonchev–Trinajstić information content (AvgIpc) is 3.23. The van der Waals surface area contributed by atoms with Gasteiger partial charge in [0.25, 0.3) is 5.89 Å². The number of benzene rings is 1. The fraction of sp³-hybridized carbons (Fsp3) is 0.375. The first-order valence-electron chi connectivity index (χ1n) is 7.63. The van der Waals surface area contributed by atoms with E-state index in [1.165, 1.54) is 36.5 Å². The maximum absolute atomic E-state index is 13.2. The summed E-state index contributed by atoms with van der Waals surface area (Å²) < 4.78 is 18.7. The van der Waals surface area contributed by atoms with Gasteiger partial charge in [0, 0.05) is 23.0 Å². The van der Waals surface area contributed by atoms with Crippen LogP contribution in [0.5, 0.6) is 0 Å². The van der Waals surface area contributed by atoms with E-state index in [1.807, 2.05) is 0 Å². The maximum atomic E-state index is 13.2. The van der Waals surface area contributed by atoms with Gasteiger partial charge in [-0.2, -0.15) is 0 Å². The second-order valence-corrected chi connectivity index (χ2v) is 6.98. The average molecular weight is 333 g/mol. The molecule has 0 radical (unpaired) electrons. The molecule has 3 atom stereocenters. The van der Waals surface area contributed by atoms with E-state index < -0.39 is 0 Å². The summed E-state index contributed by atoms with van der Waals surface area (Å²) in [5.41, 5.74) is 0. The molecule has 2 aromatic rings. The molecule has 1 aromatic carbocycles. The van der Waals surface area contributed by atoms with E-state index in [0.29, 0.717) is 22.1 Å². The Labute approximate surface area is 137 Å². The second-order valence-electron chi connectivity index (χ2n) is 5.91. The molecule has 7 heteroatoms. The number of halogens is 1. The van der Waals surface area contributed by atoms with Crippen LogP contribution in [0.4, 0.5) is 4.39 Å². The molecule has 0 aliphatic carbocycles. The summed E-state index contributed by atoms with van der Waals surface area (Å²) in [6.07, 6.45) is 4.73. The van der Waals surface area contributed by atoms with Gasteiger partial charge >= 0.3 is 5.91 Å². The lowest BCUT2D eigenvalue weighted by Gasteiger charge is -2.20. The van der Waals surface area contributed by atoms with Gasteiger partial charge in [-0.15, -0.1) is 0 Å². The molecule has 2 fully saturated rings. The maximum Gasteiger partial charge on any atom is 0.307 e. The normalized spacial score (nSPS) is 25.7. The highest BCUT2D eigenvalue weighted by atomic mass is 32.2. The Morgan fingerprint density at radius 2 is 2.35 bits per heavy atom. The van der Waals surface area contributed by atoms with Gasteiger partial charge in [0.05, 0.1) is 6.20 Å². The van der Waals surface area contributed by atoms with Crippen LogP contribution < -0.4 is 10.6 Å². The minimum Gasteiger partial charge on any atom is -0.425 e.